The number of nitrogens with zero attached hydrogens (tertiary/aromatic N) is 3. The minimum Gasteiger partial charge on any atom is -0.347 e. The van der Waals surface area contributed by atoms with E-state index < -0.39 is 0 Å². The molecule has 0 aliphatic carbocycles. The molecule has 0 spiro atoms. The van der Waals surface area contributed by atoms with Crippen LogP contribution in [0.25, 0.3) is 15.9 Å². The number of rotatable bonds is 4. The highest BCUT2D eigenvalue weighted by Gasteiger charge is 2.17. The maximum Gasteiger partial charge on any atom is 0.261 e. The molecular formula is C20H17FN4OS. The highest BCUT2D eigenvalue weighted by atomic mass is 32.1. The van der Waals surface area contributed by atoms with Crippen LogP contribution in [0.3, 0.4) is 0 Å². The summed E-state index contributed by atoms with van der Waals surface area (Å²) in [5.41, 5.74) is 1.60. The summed E-state index contributed by atoms with van der Waals surface area (Å²) < 4.78 is 16.7. The average Bonchev–Trinajstić information content (AvgIpc) is 3.24. The topological polar surface area (TPSA) is 59.8 Å². The summed E-state index contributed by atoms with van der Waals surface area (Å²) in [6.07, 6.45) is 5.26. The number of carbonyl (C=O) groups excluding carboxylic acids is 1. The highest BCUT2D eigenvalue weighted by Crippen LogP contribution is 2.32. The number of aromatic nitrogens is 3. The van der Waals surface area contributed by atoms with Gasteiger partial charge in [-0.2, -0.15) is 0 Å². The van der Waals surface area contributed by atoms with E-state index in [1.807, 2.05) is 35.9 Å². The Labute approximate surface area is 159 Å². The Kier molecular flexibility index (Phi) is 4.45. The number of fused-ring (bicyclic) bond motifs is 1. The molecule has 1 N–H and O–H groups in total. The summed E-state index contributed by atoms with van der Waals surface area (Å²) in [6, 6.07) is 8.67. The minimum atomic E-state index is -0.297. The normalized spacial score (nSPS) is 11.1. The first-order valence-electron chi connectivity index (χ1n) is 8.45. The highest BCUT2D eigenvalue weighted by molar-refractivity contribution is 7.21. The molecule has 0 radical (unpaired) electrons. The maximum atomic E-state index is 14.0. The van der Waals surface area contributed by atoms with Crippen LogP contribution >= 0.6 is 11.3 Å². The number of nitrogens with one attached hydrogen (secondary N) is 1. The largest absolute Gasteiger partial charge is 0.347 e. The standard InChI is InChI=1S/C20H17FN4OS/c1-12-18-15(21)4-3-5-16(18)27-19(12)20(26)24-11-14-6-7-23-17(10-14)25-9-8-22-13(25)2/h3-10H,11H2,1-2H3,(H,24,26). The van der Waals surface area contributed by atoms with Crippen LogP contribution in [-0.2, 0) is 6.54 Å². The molecule has 1 amide bonds. The van der Waals surface area contributed by atoms with E-state index in [0.29, 0.717) is 22.4 Å². The molecule has 4 aromatic rings. The Bertz CT molecular complexity index is 1150. The zero-order chi connectivity index (χ0) is 19.0. The Morgan fingerprint density at radius 3 is 2.81 bits per heavy atom. The van der Waals surface area contributed by atoms with Gasteiger partial charge in [0.15, 0.2) is 0 Å². The second-order valence-electron chi connectivity index (χ2n) is 6.22. The van der Waals surface area contributed by atoms with E-state index in [0.717, 1.165) is 21.9 Å². The number of halogens is 1. The van der Waals surface area contributed by atoms with E-state index in [2.05, 4.69) is 15.3 Å². The Morgan fingerprint density at radius 2 is 2.07 bits per heavy atom. The van der Waals surface area contributed by atoms with Gasteiger partial charge in [-0.15, -0.1) is 11.3 Å². The number of carbonyl (C=O) groups is 1. The molecule has 1 aromatic carbocycles. The van der Waals surface area contributed by atoms with E-state index in [4.69, 9.17) is 0 Å². The van der Waals surface area contributed by atoms with Crippen LogP contribution in [0, 0.1) is 19.7 Å². The molecule has 27 heavy (non-hydrogen) atoms. The fourth-order valence-electron chi connectivity index (χ4n) is 3.05. The second-order valence-corrected chi connectivity index (χ2v) is 7.27. The Morgan fingerprint density at radius 1 is 1.22 bits per heavy atom. The van der Waals surface area contributed by atoms with Crippen LogP contribution in [0.2, 0.25) is 0 Å². The fourth-order valence-corrected chi connectivity index (χ4v) is 4.19. The molecule has 0 unspecified atom stereocenters. The Balaban J connectivity index is 1.54. The van der Waals surface area contributed by atoms with E-state index >= 15 is 0 Å². The molecule has 0 bridgehead atoms. The van der Waals surface area contributed by atoms with Gasteiger partial charge in [-0.1, -0.05) is 6.07 Å². The van der Waals surface area contributed by atoms with E-state index in [9.17, 15) is 9.18 Å². The summed E-state index contributed by atoms with van der Waals surface area (Å²) in [7, 11) is 0. The molecule has 3 aromatic heterocycles. The van der Waals surface area contributed by atoms with Crippen LogP contribution < -0.4 is 5.32 Å². The number of pyridine rings is 1. The van der Waals surface area contributed by atoms with Crippen molar-refractivity contribution in [3.8, 4) is 5.82 Å². The van der Waals surface area contributed by atoms with Gasteiger partial charge in [0.05, 0.1) is 4.88 Å². The number of thiophene rings is 1. The van der Waals surface area contributed by atoms with Crippen molar-refractivity contribution in [3.63, 3.8) is 0 Å². The lowest BCUT2D eigenvalue weighted by Gasteiger charge is -2.08. The van der Waals surface area contributed by atoms with Crippen molar-refractivity contribution in [2.45, 2.75) is 20.4 Å². The average molecular weight is 380 g/mol. The third kappa shape index (κ3) is 3.21. The predicted molar refractivity (Wildman–Crippen MR) is 104 cm³/mol. The summed E-state index contributed by atoms with van der Waals surface area (Å²) in [5.74, 6) is 1.09. The monoisotopic (exact) mass is 380 g/mol. The fraction of sp³-hybridized carbons (Fsp3) is 0.150. The third-order valence-corrected chi connectivity index (χ3v) is 5.70. The van der Waals surface area contributed by atoms with Crippen LogP contribution in [0.15, 0.2) is 48.9 Å². The molecule has 3 heterocycles. The van der Waals surface area contributed by atoms with Gasteiger partial charge in [-0.3, -0.25) is 9.36 Å². The summed E-state index contributed by atoms with van der Waals surface area (Å²) >= 11 is 1.31. The predicted octanol–water partition coefficient (Wildman–Crippen LogP) is 4.17. The van der Waals surface area contributed by atoms with Crippen molar-refractivity contribution >= 4 is 27.3 Å². The molecule has 0 aliphatic rings. The number of amides is 1. The second kappa shape index (κ2) is 6.92. The van der Waals surface area contributed by atoms with Crippen LogP contribution in [0.1, 0.15) is 26.6 Å². The number of benzene rings is 1. The molecule has 136 valence electrons. The van der Waals surface area contributed by atoms with Crippen LogP contribution in [0.5, 0.6) is 0 Å². The number of hydrogen-bond donors (Lipinski definition) is 1. The number of aryl methyl sites for hydroxylation is 2. The van der Waals surface area contributed by atoms with E-state index in [1.165, 1.54) is 17.4 Å². The van der Waals surface area contributed by atoms with Crippen LogP contribution in [-0.4, -0.2) is 20.4 Å². The summed E-state index contributed by atoms with van der Waals surface area (Å²) in [6.45, 7) is 4.04. The summed E-state index contributed by atoms with van der Waals surface area (Å²) in [5, 5.41) is 3.44. The molecule has 0 fully saturated rings. The first kappa shape index (κ1) is 17.4. The molecule has 5 nitrogen and oxygen atoms in total. The van der Waals surface area contributed by atoms with Gasteiger partial charge in [-0.25, -0.2) is 14.4 Å². The number of hydrogen-bond acceptors (Lipinski definition) is 4. The minimum absolute atomic E-state index is 0.203. The van der Waals surface area contributed by atoms with Gasteiger partial charge in [-0.05, 0) is 49.2 Å². The van der Waals surface area contributed by atoms with Gasteiger partial charge in [0.25, 0.3) is 5.91 Å². The lowest BCUT2D eigenvalue weighted by molar-refractivity contribution is 0.0954. The van der Waals surface area contributed by atoms with Crippen molar-refractivity contribution in [1.82, 2.24) is 19.9 Å². The quantitative estimate of drug-likeness (QED) is 0.578. The van der Waals surface area contributed by atoms with Gasteiger partial charge < -0.3 is 5.32 Å². The molecule has 0 saturated heterocycles. The molecule has 0 aliphatic heterocycles. The lowest BCUT2D eigenvalue weighted by atomic mass is 10.1. The van der Waals surface area contributed by atoms with Gasteiger partial charge in [0, 0.05) is 35.2 Å². The summed E-state index contributed by atoms with van der Waals surface area (Å²) in [4.78, 5) is 21.7. The zero-order valence-electron chi connectivity index (χ0n) is 14.9. The van der Waals surface area contributed by atoms with E-state index in [-0.39, 0.29) is 11.7 Å². The SMILES string of the molecule is Cc1c(C(=O)NCc2ccnc(-n3ccnc3C)c2)sc2cccc(F)c12. The lowest BCUT2D eigenvalue weighted by Crippen LogP contribution is -2.22. The molecular weight excluding hydrogens is 363 g/mol. The molecule has 0 saturated carbocycles. The third-order valence-electron chi connectivity index (χ3n) is 4.44. The van der Waals surface area contributed by atoms with Gasteiger partial charge in [0.1, 0.15) is 17.5 Å². The van der Waals surface area contributed by atoms with E-state index in [1.54, 1.807) is 25.4 Å². The zero-order valence-corrected chi connectivity index (χ0v) is 15.7. The molecule has 4 rings (SSSR count). The van der Waals surface area contributed by atoms with Crippen molar-refractivity contribution in [3.05, 3.63) is 76.6 Å². The smallest absolute Gasteiger partial charge is 0.261 e. The van der Waals surface area contributed by atoms with Crippen molar-refractivity contribution in [1.29, 1.82) is 0 Å². The number of imidazole rings is 1. The Hall–Kier alpha value is -3.06. The van der Waals surface area contributed by atoms with Gasteiger partial charge in [0.2, 0.25) is 0 Å². The van der Waals surface area contributed by atoms with Crippen LogP contribution in [0.4, 0.5) is 4.39 Å². The van der Waals surface area contributed by atoms with Crippen molar-refractivity contribution in [2.75, 3.05) is 0 Å². The van der Waals surface area contributed by atoms with Crippen molar-refractivity contribution < 1.29 is 9.18 Å². The molecule has 7 heteroatoms. The maximum absolute atomic E-state index is 14.0. The molecule has 0 atom stereocenters. The first-order chi connectivity index (χ1) is 13.0. The van der Waals surface area contributed by atoms with Gasteiger partial charge >= 0.3 is 0 Å². The first-order valence-corrected chi connectivity index (χ1v) is 9.27. The van der Waals surface area contributed by atoms with Crippen molar-refractivity contribution in [2.24, 2.45) is 0 Å².